The van der Waals surface area contributed by atoms with Gasteiger partial charge in [0, 0.05) is 20.0 Å². The summed E-state index contributed by atoms with van der Waals surface area (Å²) < 4.78 is 2.15. The fraction of sp³-hybridized carbons (Fsp3) is 0.421. The van der Waals surface area contributed by atoms with E-state index in [9.17, 15) is 9.90 Å². The zero-order valence-electron chi connectivity index (χ0n) is 14.9. The molecule has 7 heteroatoms. The average molecular weight is 353 g/mol. The topological polar surface area (TPSA) is 87.0 Å². The average Bonchev–Trinajstić information content (AvgIpc) is 3.26. The number of aromatic carboxylic acids is 1. The van der Waals surface area contributed by atoms with E-state index in [2.05, 4.69) is 32.8 Å². The minimum atomic E-state index is -0.922. The summed E-state index contributed by atoms with van der Waals surface area (Å²) in [5, 5.41) is 16.3. The predicted molar refractivity (Wildman–Crippen MR) is 98.1 cm³/mol. The Balaban J connectivity index is 1.54. The van der Waals surface area contributed by atoms with E-state index in [0.29, 0.717) is 0 Å². The van der Waals surface area contributed by atoms with Crippen LogP contribution in [0.4, 0.5) is 0 Å². The van der Waals surface area contributed by atoms with Crippen molar-refractivity contribution in [2.24, 2.45) is 7.05 Å². The third kappa shape index (κ3) is 2.99. The van der Waals surface area contributed by atoms with Crippen LogP contribution in [-0.4, -0.2) is 48.8 Å². The Labute approximate surface area is 151 Å². The molecule has 1 aliphatic rings. The van der Waals surface area contributed by atoms with Crippen molar-refractivity contribution in [2.75, 3.05) is 13.1 Å². The number of aromatic amines is 1. The van der Waals surface area contributed by atoms with Gasteiger partial charge in [-0.3, -0.25) is 10.00 Å². The van der Waals surface area contributed by atoms with Gasteiger partial charge in [-0.05, 0) is 31.5 Å². The maximum absolute atomic E-state index is 11.5. The molecule has 0 radical (unpaired) electrons. The summed E-state index contributed by atoms with van der Waals surface area (Å²) >= 11 is 0. The number of imidazole rings is 1. The summed E-state index contributed by atoms with van der Waals surface area (Å²) in [5.74, 6) is 0.133. The van der Waals surface area contributed by atoms with E-state index in [4.69, 9.17) is 4.98 Å². The van der Waals surface area contributed by atoms with Gasteiger partial charge in [0.15, 0.2) is 0 Å². The lowest BCUT2D eigenvalue weighted by molar-refractivity contribution is 0.0689. The van der Waals surface area contributed by atoms with E-state index in [-0.39, 0.29) is 11.6 Å². The van der Waals surface area contributed by atoms with Crippen molar-refractivity contribution < 1.29 is 9.90 Å². The lowest BCUT2D eigenvalue weighted by Gasteiger charge is -2.35. The number of piperidine rings is 1. The summed E-state index contributed by atoms with van der Waals surface area (Å²) in [6, 6.07) is 8.23. The summed E-state index contributed by atoms with van der Waals surface area (Å²) in [6.45, 7) is 1.81. The Kier molecular flexibility index (Phi) is 4.46. The third-order valence-electron chi connectivity index (χ3n) is 5.35. The van der Waals surface area contributed by atoms with E-state index in [0.717, 1.165) is 61.3 Å². The number of nitrogens with one attached hydrogen (secondary N) is 1. The number of hydrogen-bond acceptors (Lipinski definition) is 4. The predicted octanol–water partition coefficient (Wildman–Crippen LogP) is 2.76. The molecule has 1 saturated heterocycles. The van der Waals surface area contributed by atoms with Gasteiger partial charge in [-0.15, -0.1) is 0 Å². The molecule has 7 nitrogen and oxygen atoms in total. The number of carboxylic acid groups (broad SMARTS) is 1. The van der Waals surface area contributed by atoms with Crippen molar-refractivity contribution in [1.29, 1.82) is 0 Å². The molecule has 26 heavy (non-hydrogen) atoms. The van der Waals surface area contributed by atoms with Crippen LogP contribution in [-0.2, 0) is 13.5 Å². The molecule has 1 aromatic carbocycles. The van der Waals surface area contributed by atoms with Crippen LogP contribution in [0, 0.1) is 0 Å². The summed E-state index contributed by atoms with van der Waals surface area (Å²) in [4.78, 5) is 18.6. The molecule has 136 valence electrons. The van der Waals surface area contributed by atoms with E-state index in [1.807, 2.05) is 18.2 Å². The molecular weight excluding hydrogens is 330 g/mol. The molecule has 1 aliphatic heterocycles. The fourth-order valence-electron chi connectivity index (χ4n) is 3.97. The minimum Gasteiger partial charge on any atom is -0.478 e. The Bertz CT molecular complexity index is 929. The van der Waals surface area contributed by atoms with Crippen molar-refractivity contribution in [2.45, 2.75) is 31.7 Å². The number of rotatable bonds is 5. The van der Waals surface area contributed by atoms with Crippen molar-refractivity contribution in [3.8, 4) is 0 Å². The smallest absolute Gasteiger partial charge is 0.339 e. The molecule has 0 amide bonds. The molecule has 1 fully saturated rings. The molecule has 0 bridgehead atoms. The molecule has 0 spiro atoms. The highest BCUT2D eigenvalue weighted by molar-refractivity contribution is 5.88. The van der Waals surface area contributed by atoms with Crippen molar-refractivity contribution in [3.05, 3.63) is 47.5 Å². The number of fused-ring (bicyclic) bond motifs is 1. The first-order chi connectivity index (χ1) is 12.6. The van der Waals surface area contributed by atoms with Gasteiger partial charge < -0.3 is 9.67 Å². The van der Waals surface area contributed by atoms with Gasteiger partial charge in [-0.2, -0.15) is 5.10 Å². The summed E-state index contributed by atoms with van der Waals surface area (Å²) in [6.07, 6.45) is 5.43. The van der Waals surface area contributed by atoms with Crippen molar-refractivity contribution in [3.63, 3.8) is 0 Å². The largest absolute Gasteiger partial charge is 0.478 e. The van der Waals surface area contributed by atoms with Crippen LogP contribution in [0.5, 0.6) is 0 Å². The molecule has 1 unspecified atom stereocenters. The molecule has 1 atom stereocenters. The van der Waals surface area contributed by atoms with Gasteiger partial charge in [0.2, 0.25) is 0 Å². The molecule has 2 N–H and O–H groups in total. The van der Waals surface area contributed by atoms with E-state index >= 15 is 0 Å². The second-order valence-corrected chi connectivity index (χ2v) is 6.88. The lowest BCUT2D eigenvalue weighted by atomic mass is 9.97. The zero-order chi connectivity index (χ0) is 18.1. The molecule has 3 aromatic rings. The number of nitrogens with zero attached hydrogens (tertiary/aromatic N) is 4. The van der Waals surface area contributed by atoms with Gasteiger partial charge in [0.25, 0.3) is 0 Å². The Morgan fingerprint density at radius 3 is 3.00 bits per heavy atom. The van der Waals surface area contributed by atoms with Gasteiger partial charge in [0.05, 0.1) is 29.0 Å². The number of carboxylic acids is 1. The molecular formula is C19H23N5O2. The van der Waals surface area contributed by atoms with Crippen LogP contribution >= 0.6 is 0 Å². The second kappa shape index (κ2) is 6.92. The Hall–Kier alpha value is -2.67. The highest BCUT2D eigenvalue weighted by Crippen LogP contribution is 2.31. The van der Waals surface area contributed by atoms with Gasteiger partial charge in [0.1, 0.15) is 11.4 Å². The molecule has 2 aromatic heterocycles. The van der Waals surface area contributed by atoms with Crippen LogP contribution in [0.1, 0.15) is 47.2 Å². The normalized spacial score (nSPS) is 18.4. The highest BCUT2D eigenvalue weighted by atomic mass is 16.4. The van der Waals surface area contributed by atoms with Crippen LogP contribution in [0.15, 0.2) is 30.5 Å². The number of benzene rings is 1. The van der Waals surface area contributed by atoms with Crippen LogP contribution < -0.4 is 0 Å². The van der Waals surface area contributed by atoms with E-state index in [1.165, 1.54) is 6.20 Å². The summed E-state index contributed by atoms with van der Waals surface area (Å²) in [7, 11) is 2.05. The van der Waals surface area contributed by atoms with Gasteiger partial charge in [-0.25, -0.2) is 9.78 Å². The Morgan fingerprint density at radius 2 is 2.19 bits per heavy atom. The fourth-order valence-corrected chi connectivity index (χ4v) is 3.97. The zero-order valence-corrected chi connectivity index (χ0v) is 14.9. The van der Waals surface area contributed by atoms with Crippen molar-refractivity contribution >= 4 is 17.0 Å². The van der Waals surface area contributed by atoms with Crippen LogP contribution in [0.25, 0.3) is 11.0 Å². The SMILES string of the molecule is Cn1c(CCN2CCCCC2c2[nH]ncc2C(=O)O)nc2ccccc21. The molecule has 3 heterocycles. The molecule has 0 aliphatic carbocycles. The monoisotopic (exact) mass is 353 g/mol. The van der Waals surface area contributed by atoms with Gasteiger partial charge in [-0.1, -0.05) is 18.6 Å². The lowest BCUT2D eigenvalue weighted by Crippen LogP contribution is -2.36. The summed E-state index contributed by atoms with van der Waals surface area (Å²) in [5.41, 5.74) is 3.16. The number of likely N-dealkylation sites (tertiary alicyclic amines) is 1. The number of para-hydroxylation sites is 2. The van der Waals surface area contributed by atoms with Crippen LogP contribution in [0.3, 0.4) is 0 Å². The second-order valence-electron chi connectivity index (χ2n) is 6.88. The number of aryl methyl sites for hydroxylation is 1. The molecule has 0 saturated carbocycles. The van der Waals surface area contributed by atoms with Gasteiger partial charge >= 0.3 is 5.97 Å². The minimum absolute atomic E-state index is 0.0760. The first-order valence-electron chi connectivity index (χ1n) is 9.06. The first kappa shape index (κ1) is 16.8. The Morgan fingerprint density at radius 1 is 1.35 bits per heavy atom. The standard InChI is InChI=1S/C19H23N5O2/c1-23-15-7-3-2-6-14(15)21-17(23)9-11-24-10-5-4-8-16(24)18-13(19(25)26)12-20-22-18/h2-3,6-7,12,16H,4-5,8-11H2,1H3,(H,20,22)(H,25,26). The first-order valence-corrected chi connectivity index (χ1v) is 9.06. The maximum atomic E-state index is 11.5. The van der Waals surface area contributed by atoms with E-state index in [1.54, 1.807) is 0 Å². The van der Waals surface area contributed by atoms with Crippen LogP contribution in [0.2, 0.25) is 0 Å². The number of H-pyrrole nitrogens is 1. The number of hydrogen-bond donors (Lipinski definition) is 2. The highest BCUT2D eigenvalue weighted by Gasteiger charge is 2.29. The van der Waals surface area contributed by atoms with Crippen molar-refractivity contribution in [1.82, 2.24) is 24.6 Å². The third-order valence-corrected chi connectivity index (χ3v) is 5.35. The maximum Gasteiger partial charge on any atom is 0.339 e. The number of carbonyl (C=O) groups is 1. The molecule has 4 rings (SSSR count). The van der Waals surface area contributed by atoms with E-state index < -0.39 is 5.97 Å². The quantitative estimate of drug-likeness (QED) is 0.736. The number of aromatic nitrogens is 4.